The van der Waals surface area contributed by atoms with Crippen LogP contribution in [0.1, 0.15) is 82.1 Å². The van der Waals surface area contributed by atoms with Gasteiger partial charge in [0.05, 0.1) is 17.2 Å². The summed E-state index contributed by atoms with van der Waals surface area (Å²) in [7, 11) is 0. The highest BCUT2D eigenvalue weighted by molar-refractivity contribution is 6.23. The van der Waals surface area contributed by atoms with Crippen LogP contribution in [0.3, 0.4) is 0 Å². The van der Waals surface area contributed by atoms with Crippen LogP contribution in [0, 0.1) is 11.8 Å². The highest BCUT2D eigenvalue weighted by Crippen LogP contribution is 2.41. The molecular weight excluding hydrogens is 829 g/mol. The minimum atomic E-state index is -0.984. The number of primary amides is 1. The Morgan fingerprint density at radius 2 is 1.42 bits per heavy atom. The lowest BCUT2D eigenvalue weighted by molar-refractivity contribution is -0.136. The number of nitrogens with two attached hydrogens (primary N) is 1. The van der Waals surface area contributed by atoms with E-state index < -0.39 is 35.6 Å². The van der Waals surface area contributed by atoms with E-state index in [0.29, 0.717) is 59.9 Å². The van der Waals surface area contributed by atoms with E-state index in [9.17, 15) is 28.8 Å². The molecule has 0 radical (unpaired) electrons. The van der Waals surface area contributed by atoms with Crippen molar-refractivity contribution in [2.24, 2.45) is 17.6 Å². The van der Waals surface area contributed by atoms with Crippen molar-refractivity contribution in [1.29, 1.82) is 0 Å². The Hall–Kier alpha value is -6.75. The number of piperazine rings is 1. The summed E-state index contributed by atoms with van der Waals surface area (Å²) in [6.45, 7) is 7.79. The molecule has 17 nitrogen and oxygen atoms in total. The van der Waals surface area contributed by atoms with Gasteiger partial charge in [-0.2, -0.15) is 5.10 Å². The third-order valence-electron chi connectivity index (χ3n) is 14.2. The van der Waals surface area contributed by atoms with Gasteiger partial charge in [0.2, 0.25) is 11.8 Å². The normalized spacial score (nSPS) is 22.1. The van der Waals surface area contributed by atoms with E-state index in [1.165, 1.54) is 0 Å². The summed E-state index contributed by atoms with van der Waals surface area (Å²) in [5.41, 5.74) is 9.15. The minimum Gasteiger partial charge on any atom is -0.457 e. The van der Waals surface area contributed by atoms with E-state index in [2.05, 4.69) is 20.4 Å². The van der Waals surface area contributed by atoms with Gasteiger partial charge in [-0.25, -0.2) is 9.48 Å². The number of amides is 7. The number of urea groups is 1. The Labute approximate surface area is 376 Å². The molecule has 2 unspecified atom stereocenters. The van der Waals surface area contributed by atoms with Gasteiger partial charge >= 0.3 is 6.03 Å². The molecule has 7 amide bonds. The average molecular weight is 883 g/mol. The molecule has 1 aromatic heterocycles. The number of hydrogen-bond donors (Lipinski definition) is 3. The van der Waals surface area contributed by atoms with Crippen molar-refractivity contribution in [2.45, 2.75) is 57.0 Å². The van der Waals surface area contributed by atoms with Gasteiger partial charge < -0.3 is 30.5 Å². The molecule has 6 aliphatic rings. The number of aromatic nitrogens is 2. The van der Waals surface area contributed by atoms with E-state index >= 15 is 0 Å². The van der Waals surface area contributed by atoms with Crippen molar-refractivity contribution >= 4 is 47.1 Å². The van der Waals surface area contributed by atoms with Gasteiger partial charge in [-0.3, -0.25) is 39.1 Å². The van der Waals surface area contributed by atoms with Crippen LogP contribution in [-0.2, 0) is 9.59 Å². The number of fused-ring (bicyclic) bond motifs is 2. The Morgan fingerprint density at radius 1 is 0.738 bits per heavy atom. The molecule has 3 aromatic carbocycles. The van der Waals surface area contributed by atoms with Gasteiger partial charge in [0.25, 0.3) is 17.7 Å². The summed E-state index contributed by atoms with van der Waals surface area (Å²) in [5, 5.41) is 10.7. The van der Waals surface area contributed by atoms with Crippen molar-refractivity contribution in [1.82, 2.24) is 34.7 Å². The number of carbonyl (C=O) groups excluding carboxylic acids is 6. The predicted molar refractivity (Wildman–Crippen MR) is 241 cm³/mol. The quantitative estimate of drug-likeness (QED) is 0.200. The van der Waals surface area contributed by atoms with Crippen LogP contribution >= 0.6 is 0 Å². The lowest BCUT2D eigenvalue weighted by atomic mass is 9.87. The summed E-state index contributed by atoms with van der Waals surface area (Å²) >= 11 is 0. The van der Waals surface area contributed by atoms with E-state index in [0.717, 1.165) is 99.8 Å². The molecule has 0 aliphatic carbocycles. The number of likely N-dealkylation sites (tertiary alicyclic amines) is 2. The number of nitrogens with zero attached hydrogens (tertiary/aromatic N) is 7. The molecule has 65 heavy (non-hydrogen) atoms. The monoisotopic (exact) mass is 882 g/mol. The molecule has 6 aliphatic heterocycles. The molecular formula is C48H54N10O7. The molecule has 0 spiro atoms. The van der Waals surface area contributed by atoms with E-state index in [1.54, 1.807) is 12.1 Å². The van der Waals surface area contributed by atoms with Crippen molar-refractivity contribution in [2.75, 3.05) is 75.7 Å². The summed E-state index contributed by atoms with van der Waals surface area (Å²) < 4.78 is 7.95. The first-order valence-corrected chi connectivity index (χ1v) is 23.0. The fraction of sp³-hybridized carbons (Fsp3) is 0.438. The van der Waals surface area contributed by atoms with Crippen LogP contribution in [0.5, 0.6) is 11.5 Å². The molecule has 0 bridgehead atoms. The number of piperidine rings is 3. The highest BCUT2D eigenvalue weighted by Gasteiger charge is 2.45. The van der Waals surface area contributed by atoms with E-state index in [1.807, 2.05) is 75.1 Å². The van der Waals surface area contributed by atoms with Crippen molar-refractivity contribution in [3.8, 4) is 22.8 Å². The van der Waals surface area contributed by atoms with Crippen LogP contribution in [0.25, 0.3) is 11.3 Å². The van der Waals surface area contributed by atoms with Crippen LogP contribution in [0.2, 0.25) is 0 Å². The lowest BCUT2D eigenvalue weighted by Gasteiger charge is -2.42. The Balaban J connectivity index is 0.690. The minimum absolute atomic E-state index is 0.0785. The summed E-state index contributed by atoms with van der Waals surface area (Å²) in [6.07, 6.45) is 4.69. The standard InChI is InChI=1S/C48H54N10O7/c49-43(60)41-42(32-6-9-35(10-7-32)65-34-4-2-1-3-5-34)52-58-38(14-19-50-44(41)58)31-17-22-56(23-18-31)48(64)55-20-15-30(16-21-55)29-53-24-26-54(27-25-53)33-8-11-36-37(28-33)47(63)57(46(36)62)39-12-13-40(59)51-45(39)61/h1-11,28,30-31,38-39,50H,12-27,29H2,(H2,49,60)(H,51,59,61). The molecule has 7 heterocycles. The summed E-state index contributed by atoms with van der Waals surface area (Å²) in [4.78, 5) is 87.1. The number of ether oxygens (including phenoxy) is 1. The molecule has 4 N–H and O–H groups in total. The molecule has 4 saturated heterocycles. The Bertz CT molecular complexity index is 2500. The first-order valence-electron chi connectivity index (χ1n) is 23.0. The van der Waals surface area contributed by atoms with Crippen LogP contribution in [0.15, 0.2) is 72.8 Å². The smallest absolute Gasteiger partial charge is 0.319 e. The number of imide groups is 2. The third-order valence-corrected chi connectivity index (χ3v) is 14.2. The summed E-state index contributed by atoms with van der Waals surface area (Å²) in [5.74, 6) is 0.338. The number of hydrogen-bond acceptors (Lipinski definition) is 11. The second-order valence-electron chi connectivity index (χ2n) is 18.1. The molecule has 4 fully saturated rings. The van der Waals surface area contributed by atoms with Gasteiger partial charge in [-0.1, -0.05) is 18.2 Å². The average Bonchev–Trinajstić information content (AvgIpc) is 3.84. The van der Waals surface area contributed by atoms with Gasteiger partial charge in [-0.15, -0.1) is 0 Å². The zero-order valence-electron chi connectivity index (χ0n) is 36.3. The number of nitrogens with one attached hydrogen (secondary N) is 2. The van der Waals surface area contributed by atoms with E-state index in [4.69, 9.17) is 15.6 Å². The second kappa shape index (κ2) is 17.7. The maximum Gasteiger partial charge on any atom is 0.319 e. The fourth-order valence-corrected chi connectivity index (χ4v) is 10.7. The molecule has 0 saturated carbocycles. The highest BCUT2D eigenvalue weighted by atomic mass is 16.5. The Kier molecular flexibility index (Phi) is 11.5. The maximum atomic E-state index is 13.8. The zero-order chi connectivity index (χ0) is 44.8. The lowest BCUT2D eigenvalue weighted by Crippen LogP contribution is -2.54. The molecule has 10 rings (SSSR count). The molecule has 4 aromatic rings. The van der Waals surface area contributed by atoms with Crippen molar-refractivity contribution in [3.05, 3.63) is 89.5 Å². The first-order chi connectivity index (χ1) is 31.6. The number of para-hydroxylation sites is 1. The van der Waals surface area contributed by atoms with Gasteiger partial charge in [0.15, 0.2) is 0 Å². The van der Waals surface area contributed by atoms with Crippen LogP contribution in [-0.4, -0.2) is 136 Å². The second-order valence-corrected chi connectivity index (χ2v) is 18.1. The number of rotatable bonds is 9. The Morgan fingerprint density at radius 3 is 2.11 bits per heavy atom. The zero-order valence-corrected chi connectivity index (χ0v) is 36.3. The summed E-state index contributed by atoms with van der Waals surface area (Å²) in [6, 6.07) is 21.6. The fourth-order valence-electron chi connectivity index (χ4n) is 10.7. The number of benzene rings is 3. The van der Waals surface area contributed by atoms with Crippen LogP contribution in [0.4, 0.5) is 16.3 Å². The van der Waals surface area contributed by atoms with Gasteiger partial charge in [-0.05, 0) is 105 Å². The number of anilines is 2. The number of carbonyl (C=O) groups is 6. The van der Waals surface area contributed by atoms with Crippen molar-refractivity contribution < 1.29 is 33.5 Å². The maximum absolute atomic E-state index is 13.8. The van der Waals surface area contributed by atoms with E-state index in [-0.39, 0.29) is 30.5 Å². The molecule has 17 heteroatoms. The topological polar surface area (TPSA) is 196 Å². The molecule has 338 valence electrons. The van der Waals surface area contributed by atoms with Gasteiger partial charge in [0, 0.05) is 83.1 Å². The largest absolute Gasteiger partial charge is 0.457 e. The van der Waals surface area contributed by atoms with Crippen molar-refractivity contribution in [3.63, 3.8) is 0 Å². The van der Waals surface area contributed by atoms with Crippen LogP contribution < -0.4 is 26.0 Å². The first kappa shape index (κ1) is 42.2. The molecule has 2 atom stereocenters. The third kappa shape index (κ3) is 8.28. The predicted octanol–water partition coefficient (Wildman–Crippen LogP) is 4.57. The SMILES string of the molecule is NC(=O)c1c(-c2ccc(Oc3ccccc3)cc2)nn2c1NCCC2C1CCN(C(=O)N2CCC(CN3CCN(c4ccc5c(c4)C(=O)N(C4CCC(=O)NC4=O)C5=O)CC3)CC2)CC1. The van der Waals surface area contributed by atoms with Gasteiger partial charge in [0.1, 0.15) is 34.6 Å².